The molecule has 0 spiro atoms. The van der Waals surface area contributed by atoms with E-state index in [0.29, 0.717) is 12.3 Å². The van der Waals surface area contributed by atoms with E-state index < -0.39 is 0 Å². The van der Waals surface area contributed by atoms with Gasteiger partial charge in [0.25, 0.3) is 0 Å². The third-order valence-corrected chi connectivity index (χ3v) is 2.45. The van der Waals surface area contributed by atoms with Crippen LogP contribution in [0.2, 0.25) is 0 Å². The molecule has 0 heterocycles. The molecule has 0 radical (unpaired) electrons. The second-order valence-electron chi connectivity index (χ2n) is 4.79. The van der Waals surface area contributed by atoms with Crippen molar-refractivity contribution in [2.24, 2.45) is 11.8 Å². The Hall–Kier alpha value is -1.01. The first-order valence-electron chi connectivity index (χ1n) is 5.94. The van der Waals surface area contributed by atoms with Gasteiger partial charge in [-0.3, -0.25) is 4.79 Å². The van der Waals surface area contributed by atoms with Crippen molar-refractivity contribution in [2.45, 2.75) is 47.0 Å². The summed E-state index contributed by atoms with van der Waals surface area (Å²) in [6, 6.07) is 0. The van der Waals surface area contributed by atoms with Crippen molar-refractivity contribution in [3.8, 4) is 0 Å². The van der Waals surface area contributed by atoms with Crippen LogP contribution in [0.25, 0.3) is 0 Å². The minimum absolute atomic E-state index is 0.201. The normalized spacial score (nSPS) is 11.9. The number of hydrogen-bond acceptors (Lipinski definition) is 2. The Balaban J connectivity index is 4.11. The second kappa shape index (κ2) is 8.18. The van der Waals surface area contributed by atoms with Crippen LogP contribution in [0.4, 0.5) is 0 Å². The lowest BCUT2D eigenvalue weighted by molar-refractivity contribution is -0.139. The molecule has 0 aliphatic heterocycles. The van der Waals surface area contributed by atoms with Crippen molar-refractivity contribution < 1.29 is 9.53 Å². The van der Waals surface area contributed by atoms with E-state index in [-0.39, 0.29) is 5.97 Å². The molecule has 0 amide bonds. The van der Waals surface area contributed by atoms with Crippen molar-refractivity contribution in [2.75, 3.05) is 7.11 Å². The maximum Gasteiger partial charge on any atom is 0.310 e. The number of ether oxygens (including phenoxy) is 1. The molecule has 92 valence electrons. The number of hydrogen-bond donors (Lipinski definition) is 0. The molecule has 0 aromatic carbocycles. The molecule has 16 heavy (non-hydrogen) atoms. The van der Waals surface area contributed by atoms with Crippen LogP contribution >= 0.6 is 0 Å². The molecule has 0 saturated heterocycles. The van der Waals surface area contributed by atoms with E-state index >= 15 is 0 Å². The molecule has 0 aliphatic rings. The summed E-state index contributed by atoms with van der Waals surface area (Å²) in [6.07, 6.45) is 4.80. The highest BCUT2D eigenvalue weighted by atomic mass is 16.5. The lowest BCUT2D eigenvalue weighted by Gasteiger charge is -2.07. The van der Waals surface area contributed by atoms with E-state index in [1.165, 1.54) is 20.0 Å². The van der Waals surface area contributed by atoms with Crippen molar-refractivity contribution in [3.63, 3.8) is 0 Å². The summed E-state index contributed by atoms with van der Waals surface area (Å²) in [5.41, 5.74) is 4.10. The Labute approximate surface area is 99.4 Å². The highest BCUT2D eigenvalue weighted by molar-refractivity contribution is 5.71. The lowest BCUT2D eigenvalue weighted by atomic mass is 9.99. The molecule has 0 rings (SSSR count). The average molecular weight is 224 g/mol. The first-order chi connectivity index (χ1) is 7.45. The molecule has 2 heteroatoms. The predicted octanol–water partition coefficient (Wildman–Crippen LogP) is 3.72. The van der Waals surface area contributed by atoms with Crippen LogP contribution in [0.1, 0.15) is 47.0 Å². The summed E-state index contributed by atoms with van der Waals surface area (Å²) < 4.78 is 4.59. The van der Waals surface area contributed by atoms with Crippen LogP contribution in [-0.4, -0.2) is 13.1 Å². The first kappa shape index (κ1) is 15.0. The van der Waals surface area contributed by atoms with Crippen molar-refractivity contribution in [1.29, 1.82) is 0 Å². The molecule has 1 unspecified atom stereocenters. The minimum atomic E-state index is -0.201. The zero-order chi connectivity index (χ0) is 12.6. The summed E-state index contributed by atoms with van der Waals surface area (Å²) in [7, 11) is 1.41. The fourth-order valence-corrected chi connectivity index (χ4v) is 1.30. The van der Waals surface area contributed by atoms with Crippen LogP contribution < -0.4 is 0 Å². The molecular weight excluding hydrogens is 200 g/mol. The first-order valence-corrected chi connectivity index (χ1v) is 5.94. The van der Waals surface area contributed by atoms with Crippen LogP contribution in [0.15, 0.2) is 17.4 Å². The van der Waals surface area contributed by atoms with Gasteiger partial charge >= 0.3 is 5.97 Å². The largest absolute Gasteiger partial charge is 0.469 e. The highest BCUT2D eigenvalue weighted by Crippen LogP contribution is 2.12. The molecule has 0 aromatic heterocycles. The van der Waals surface area contributed by atoms with Gasteiger partial charge < -0.3 is 4.74 Å². The van der Waals surface area contributed by atoms with Crippen LogP contribution in [-0.2, 0) is 9.53 Å². The standard InChI is InChI=1S/C14H24O2/c1-11(2)6-7-12(3)8-9-13(4)10-14(15)16-5/h8,11-12H,6-7,10H2,1-5H3. The van der Waals surface area contributed by atoms with Gasteiger partial charge in [-0.2, -0.15) is 0 Å². The van der Waals surface area contributed by atoms with Crippen molar-refractivity contribution >= 4 is 5.97 Å². The molecule has 2 nitrogen and oxygen atoms in total. The third kappa shape index (κ3) is 8.31. The van der Waals surface area contributed by atoms with E-state index in [2.05, 4.69) is 37.3 Å². The zero-order valence-electron chi connectivity index (χ0n) is 11.2. The summed E-state index contributed by atoms with van der Waals surface area (Å²) in [5, 5.41) is 0. The molecule has 0 aliphatic carbocycles. The predicted molar refractivity (Wildman–Crippen MR) is 67.1 cm³/mol. The average Bonchev–Trinajstić information content (AvgIpc) is 2.23. The van der Waals surface area contributed by atoms with Crippen molar-refractivity contribution in [1.82, 2.24) is 0 Å². The van der Waals surface area contributed by atoms with Gasteiger partial charge in [0.1, 0.15) is 0 Å². The van der Waals surface area contributed by atoms with Crippen LogP contribution in [0.5, 0.6) is 0 Å². The number of carbonyl (C=O) groups excluding carboxylic acids is 1. The van der Waals surface area contributed by atoms with Gasteiger partial charge in [-0.05, 0) is 36.8 Å². The van der Waals surface area contributed by atoms with E-state index in [9.17, 15) is 4.79 Å². The Bertz CT molecular complexity index is 270. The fourth-order valence-electron chi connectivity index (χ4n) is 1.30. The molecular formula is C14H24O2. The topological polar surface area (TPSA) is 26.3 Å². The minimum Gasteiger partial charge on any atom is -0.469 e. The van der Waals surface area contributed by atoms with E-state index in [4.69, 9.17) is 0 Å². The van der Waals surface area contributed by atoms with Crippen LogP contribution in [0.3, 0.4) is 0 Å². The summed E-state index contributed by atoms with van der Waals surface area (Å²) in [6.45, 7) is 8.55. The number of methoxy groups -OCH3 is 1. The Morgan fingerprint density at radius 3 is 2.44 bits per heavy atom. The number of carbonyl (C=O) groups is 1. The summed E-state index contributed by atoms with van der Waals surface area (Å²) in [4.78, 5) is 11.0. The maximum absolute atomic E-state index is 11.0. The Kier molecular flexibility index (Phi) is 7.66. The Morgan fingerprint density at radius 1 is 1.31 bits per heavy atom. The SMILES string of the molecule is COC(=O)CC(C)=C=CC(C)CCC(C)C. The molecule has 0 N–H and O–H groups in total. The van der Waals surface area contributed by atoms with Gasteiger partial charge in [-0.15, -0.1) is 5.73 Å². The van der Waals surface area contributed by atoms with E-state index in [1.807, 2.05) is 6.92 Å². The lowest BCUT2D eigenvalue weighted by Crippen LogP contribution is -1.99. The molecule has 0 fully saturated rings. The van der Waals surface area contributed by atoms with Crippen LogP contribution in [0, 0.1) is 11.8 Å². The molecule has 0 bridgehead atoms. The quantitative estimate of drug-likeness (QED) is 0.507. The smallest absolute Gasteiger partial charge is 0.310 e. The Morgan fingerprint density at radius 2 is 1.94 bits per heavy atom. The van der Waals surface area contributed by atoms with Gasteiger partial charge in [-0.1, -0.05) is 27.2 Å². The maximum atomic E-state index is 11.0. The van der Waals surface area contributed by atoms with Gasteiger partial charge in [0.15, 0.2) is 0 Å². The van der Waals surface area contributed by atoms with E-state index in [1.54, 1.807) is 0 Å². The van der Waals surface area contributed by atoms with E-state index in [0.717, 1.165) is 11.5 Å². The van der Waals surface area contributed by atoms with Gasteiger partial charge in [0, 0.05) is 0 Å². The molecule has 1 atom stereocenters. The van der Waals surface area contributed by atoms with Gasteiger partial charge in [-0.25, -0.2) is 0 Å². The number of esters is 1. The molecule has 0 saturated carbocycles. The summed E-state index contributed by atoms with van der Waals surface area (Å²) >= 11 is 0. The second-order valence-corrected chi connectivity index (χ2v) is 4.79. The molecule has 0 aromatic rings. The summed E-state index contributed by atoms with van der Waals surface area (Å²) in [5.74, 6) is 1.07. The number of rotatable bonds is 6. The highest BCUT2D eigenvalue weighted by Gasteiger charge is 2.01. The van der Waals surface area contributed by atoms with Crippen molar-refractivity contribution in [3.05, 3.63) is 17.4 Å². The zero-order valence-corrected chi connectivity index (χ0v) is 11.2. The monoisotopic (exact) mass is 224 g/mol. The van der Waals surface area contributed by atoms with Gasteiger partial charge in [0.2, 0.25) is 0 Å². The fraction of sp³-hybridized carbons (Fsp3) is 0.714. The van der Waals surface area contributed by atoms with Gasteiger partial charge in [0.05, 0.1) is 13.5 Å². The third-order valence-electron chi connectivity index (χ3n) is 2.45.